The van der Waals surface area contributed by atoms with E-state index in [2.05, 4.69) is 0 Å². The van der Waals surface area contributed by atoms with Crippen LogP contribution in [0.4, 0.5) is 0 Å². The fourth-order valence-electron chi connectivity index (χ4n) is 0.860. The van der Waals surface area contributed by atoms with Crippen LogP contribution in [0.25, 0.3) is 0 Å². The van der Waals surface area contributed by atoms with Gasteiger partial charge in [-0.2, -0.15) is 0 Å². The van der Waals surface area contributed by atoms with E-state index in [1.54, 1.807) is 6.08 Å². The molecule has 1 rings (SSSR count). The molecule has 48 valence electrons. The van der Waals surface area contributed by atoms with Gasteiger partial charge in [0.15, 0.2) is 0 Å². The number of hydrogen-bond acceptors (Lipinski definition) is 1. The average Bonchev–Trinajstić information content (AvgIpc) is 2.13. The number of rotatable bonds is 1. The van der Waals surface area contributed by atoms with Gasteiger partial charge in [0.25, 0.3) is 0 Å². The van der Waals surface area contributed by atoms with E-state index in [0.29, 0.717) is 5.57 Å². The molecule has 1 aliphatic rings. The first-order valence-electron chi connectivity index (χ1n) is 2.81. The summed E-state index contributed by atoms with van der Waals surface area (Å²) in [5, 5.41) is 8.47. The molecule has 2 nitrogen and oxygen atoms in total. The molecule has 0 amide bonds. The average molecular weight is 124 g/mol. The summed E-state index contributed by atoms with van der Waals surface area (Å²) in [5.74, 6) is -0.818. The van der Waals surface area contributed by atoms with E-state index >= 15 is 0 Å². The number of carboxylic acid groups (broad SMARTS) is 1. The van der Waals surface area contributed by atoms with Crippen molar-refractivity contribution in [3.63, 3.8) is 0 Å². The third-order valence-corrected chi connectivity index (χ3v) is 1.40. The molecule has 0 saturated heterocycles. The van der Waals surface area contributed by atoms with E-state index in [0.717, 1.165) is 12.0 Å². The first-order chi connectivity index (χ1) is 4.22. The Bertz CT molecular complexity index is 199. The Morgan fingerprint density at radius 2 is 2.44 bits per heavy atom. The summed E-state index contributed by atoms with van der Waals surface area (Å²) in [7, 11) is 0. The maximum Gasteiger partial charge on any atom is 0.335 e. The van der Waals surface area contributed by atoms with Gasteiger partial charge in [0.1, 0.15) is 0 Å². The van der Waals surface area contributed by atoms with Gasteiger partial charge in [-0.3, -0.25) is 0 Å². The highest BCUT2D eigenvalue weighted by molar-refractivity contribution is 5.91. The van der Waals surface area contributed by atoms with Crippen molar-refractivity contribution < 1.29 is 9.90 Å². The maximum atomic E-state index is 10.3. The Balaban J connectivity index is 2.89. The van der Waals surface area contributed by atoms with Gasteiger partial charge in [0, 0.05) is 0 Å². The van der Waals surface area contributed by atoms with Crippen LogP contribution in [0.5, 0.6) is 0 Å². The Labute approximate surface area is 53.5 Å². The molecule has 0 aliphatic heterocycles. The molecule has 0 saturated carbocycles. The normalized spacial score (nSPS) is 17.0. The first-order valence-corrected chi connectivity index (χ1v) is 2.81. The third kappa shape index (κ3) is 1.02. The summed E-state index contributed by atoms with van der Waals surface area (Å²) in [6, 6.07) is 0. The van der Waals surface area contributed by atoms with Gasteiger partial charge in [-0.15, -0.1) is 0 Å². The Morgan fingerprint density at radius 3 is 2.67 bits per heavy atom. The van der Waals surface area contributed by atoms with Crippen molar-refractivity contribution in [3.8, 4) is 0 Å². The van der Waals surface area contributed by atoms with Crippen LogP contribution in [-0.2, 0) is 4.79 Å². The second-order valence-corrected chi connectivity index (χ2v) is 2.11. The zero-order chi connectivity index (χ0) is 6.85. The lowest BCUT2D eigenvalue weighted by Gasteiger charge is -1.91. The van der Waals surface area contributed by atoms with Crippen LogP contribution in [0.3, 0.4) is 0 Å². The molecule has 0 heterocycles. The van der Waals surface area contributed by atoms with E-state index in [1.807, 2.05) is 13.0 Å². The molecule has 0 unspecified atom stereocenters. The highest BCUT2D eigenvalue weighted by Crippen LogP contribution is 2.17. The smallest absolute Gasteiger partial charge is 0.335 e. The van der Waals surface area contributed by atoms with Crippen LogP contribution in [0, 0.1) is 0 Å². The number of hydrogen-bond donors (Lipinski definition) is 1. The van der Waals surface area contributed by atoms with E-state index < -0.39 is 5.97 Å². The Morgan fingerprint density at radius 1 is 1.78 bits per heavy atom. The molecule has 9 heavy (non-hydrogen) atoms. The second-order valence-electron chi connectivity index (χ2n) is 2.11. The minimum Gasteiger partial charge on any atom is -0.478 e. The maximum absolute atomic E-state index is 10.3. The summed E-state index contributed by atoms with van der Waals surface area (Å²) in [4.78, 5) is 10.3. The van der Waals surface area contributed by atoms with Crippen LogP contribution in [0.1, 0.15) is 13.3 Å². The van der Waals surface area contributed by atoms with Crippen LogP contribution < -0.4 is 0 Å². The molecule has 0 spiro atoms. The van der Waals surface area contributed by atoms with Gasteiger partial charge in [-0.1, -0.05) is 17.7 Å². The summed E-state index contributed by atoms with van der Waals surface area (Å²) in [5.41, 5.74) is 1.40. The van der Waals surface area contributed by atoms with E-state index in [9.17, 15) is 4.79 Å². The third-order valence-electron chi connectivity index (χ3n) is 1.40. The fraction of sp³-hybridized carbons (Fsp3) is 0.286. The largest absolute Gasteiger partial charge is 0.478 e. The molecule has 0 radical (unpaired) electrons. The first kappa shape index (κ1) is 6.08. The standard InChI is InChI=1S/C7H8O2/c1-5-3-2-4-6(5)7(8)9/h2,4H,3H2,1H3,(H,8,9). The Hall–Kier alpha value is -1.05. The second kappa shape index (κ2) is 2.05. The van der Waals surface area contributed by atoms with Crippen molar-refractivity contribution in [3.05, 3.63) is 23.3 Å². The van der Waals surface area contributed by atoms with Gasteiger partial charge in [0.2, 0.25) is 0 Å². The topological polar surface area (TPSA) is 37.3 Å². The predicted molar refractivity (Wildman–Crippen MR) is 34.1 cm³/mol. The molecular formula is C7H8O2. The van der Waals surface area contributed by atoms with Gasteiger partial charge in [-0.05, 0) is 13.3 Å². The van der Waals surface area contributed by atoms with E-state index in [4.69, 9.17) is 5.11 Å². The lowest BCUT2D eigenvalue weighted by molar-refractivity contribution is -0.132. The van der Waals surface area contributed by atoms with Crippen molar-refractivity contribution >= 4 is 5.97 Å². The number of carbonyl (C=O) groups is 1. The van der Waals surface area contributed by atoms with E-state index in [1.165, 1.54) is 0 Å². The van der Waals surface area contributed by atoms with Crippen LogP contribution >= 0.6 is 0 Å². The quantitative estimate of drug-likeness (QED) is 0.572. The van der Waals surface area contributed by atoms with Crippen molar-refractivity contribution in [1.29, 1.82) is 0 Å². The minimum absolute atomic E-state index is 0.454. The molecule has 1 N–H and O–H groups in total. The highest BCUT2D eigenvalue weighted by Gasteiger charge is 2.10. The summed E-state index contributed by atoms with van der Waals surface area (Å²) in [6.07, 6.45) is 4.30. The molecule has 0 aromatic heterocycles. The summed E-state index contributed by atoms with van der Waals surface area (Å²) in [6.45, 7) is 1.84. The zero-order valence-corrected chi connectivity index (χ0v) is 5.22. The van der Waals surface area contributed by atoms with Crippen LogP contribution in [0.15, 0.2) is 23.3 Å². The molecule has 1 aliphatic carbocycles. The Kier molecular flexibility index (Phi) is 1.39. The van der Waals surface area contributed by atoms with Crippen molar-refractivity contribution in [1.82, 2.24) is 0 Å². The SMILES string of the molecule is CC1=C(C(=O)O)C=CC1. The minimum atomic E-state index is -0.818. The lowest BCUT2D eigenvalue weighted by atomic mass is 10.2. The van der Waals surface area contributed by atoms with Gasteiger partial charge in [0.05, 0.1) is 5.57 Å². The van der Waals surface area contributed by atoms with Crippen molar-refractivity contribution in [2.75, 3.05) is 0 Å². The van der Waals surface area contributed by atoms with Gasteiger partial charge < -0.3 is 5.11 Å². The van der Waals surface area contributed by atoms with Crippen molar-refractivity contribution in [2.45, 2.75) is 13.3 Å². The van der Waals surface area contributed by atoms with Crippen LogP contribution in [0.2, 0.25) is 0 Å². The number of aliphatic carboxylic acids is 1. The van der Waals surface area contributed by atoms with Crippen molar-refractivity contribution in [2.24, 2.45) is 0 Å². The predicted octanol–water partition coefficient (Wildman–Crippen LogP) is 1.35. The molecule has 0 bridgehead atoms. The fourth-order valence-corrected chi connectivity index (χ4v) is 0.860. The molecule has 2 heteroatoms. The number of carboxylic acids is 1. The monoisotopic (exact) mass is 124 g/mol. The zero-order valence-electron chi connectivity index (χ0n) is 5.22. The van der Waals surface area contributed by atoms with Gasteiger partial charge >= 0.3 is 5.97 Å². The van der Waals surface area contributed by atoms with E-state index in [-0.39, 0.29) is 0 Å². The molecular weight excluding hydrogens is 116 g/mol. The lowest BCUT2D eigenvalue weighted by Crippen LogP contribution is -1.97. The molecule has 0 atom stereocenters. The molecule has 0 aromatic rings. The summed E-state index contributed by atoms with van der Waals surface area (Å²) >= 11 is 0. The van der Waals surface area contributed by atoms with Gasteiger partial charge in [-0.25, -0.2) is 4.79 Å². The van der Waals surface area contributed by atoms with Crippen LogP contribution in [-0.4, -0.2) is 11.1 Å². The summed E-state index contributed by atoms with van der Waals surface area (Å²) < 4.78 is 0. The number of allylic oxidation sites excluding steroid dienone is 2. The molecule has 0 fully saturated rings. The highest BCUT2D eigenvalue weighted by atomic mass is 16.4. The molecule has 0 aromatic carbocycles.